The average Bonchev–Trinajstić information content (AvgIpc) is 3.17. The summed E-state index contributed by atoms with van der Waals surface area (Å²) in [5.41, 5.74) is -0.357. The van der Waals surface area contributed by atoms with Gasteiger partial charge in [-0.3, -0.25) is 4.79 Å². The smallest absolute Gasteiger partial charge is 0.329 e. The molecule has 0 radical (unpaired) electrons. The molecule has 120 valence electrons. The molecule has 1 heterocycles. The summed E-state index contributed by atoms with van der Waals surface area (Å²) in [6.07, 6.45) is 7.48. The van der Waals surface area contributed by atoms with Gasteiger partial charge in [0, 0.05) is 5.92 Å². The molecule has 2 N–H and O–H groups in total. The van der Waals surface area contributed by atoms with Crippen LogP contribution in [-0.4, -0.2) is 27.5 Å². The van der Waals surface area contributed by atoms with E-state index in [0.717, 1.165) is 36.4 Å². The summed E-state index contributed by atoms with van der Waals surface area (Å²) in [6, 6.07) is 0. The van der Waals surface area contributed by atoms with Crippen molar-refractivity contribution < 1.29 is 14.7 Å². The number of rotatable bonds is 4. The molecule has 0 aromatic carbocycles. The van der Waals surface area contributed by atoms with Gasteiger partial charge in [-0.05, 0) is 32.6 Å². The summed E-state index contributed by atoms with van der Waals surface area (Å²) in [7, 11) is 0. The minimum atomic E-state index is -1.08. The lowest BCUT2D eigenvalue weighted by Gasteiger charge is -2.25. The molecule has 5 nitrogen and oxygen atoms in total. The number of carboxylic acid groups (broad SMARTS) is 1. The highest BCUT2D eigenvalue weighted by Gasteiger charge is 2.43. The van der Waals surface area contributed by atoms with Crippen LogP contribution >= 0.6 is 11.3 Å². The Morgan fingerprint density at radius 3 is 2.45 bits per heavy atom. The van der Waals surface area contributed by atoms with Crippen molar-refractivity contribution in [3.8, 4) is 0 Å². The molecule has 2 aliphatic rings. The van der Waals surface area contributed by atoms with Crippen LogP contribution < -0.4 is 5.32 Å². The molecule has 2 saturated carbocycles. The molecule has 1 aromatic rings. The first-order valence-electron chi connectivity index (χ1n) is 8.05. The maximum Gasteiger partial charge on any atom is 0.329 e. The second-order valence-corrected chi connectivity index (χ2v) is 7.53. The molecule has 0 saturated heterocycles. The van der Waals surface area contributed by atoms with Gasteiger partial charge < -0.3 is 10.4 Å². The second-order valence-electron chi connectivity index (χ2n) is 6.50. The largest absolute Gasteiger partial charge is 0.480 e. The molecule has 2 aliphatic carbocycles. The standard InChI is InChI=1S/C16H22N2O3S/c1-10-12(22-14(17-10)11-6-2-3-7-11)13(19)18-16(15(20)21)8-4-5-9-16/h11H,2-9H2,1H3,(H,18,19)(H,20,21). The molecule has 2 fully saturated rings. The third-order valence-corrected chi connectivity index (χ3v) is 6.26. The number of amides is 1. The Morgan fingerprint density at radius 2 is 1.86 bits per heavy atom. The molecule has 3 rings (SSSR count). The number of carboxylic acids is 1. The molecule has 0 atom stereocenters. The van der Waals surface area contributed by atoms with E-state index in [2.05, 4.69) is 10.3 Å². The molecule has 0 bridgehead atoms. The van der Waals surface area contributed by atoms with Gasteiger partial charge in [0.2, 0.25) is 0 Å². The van der Waals surface area contributed by atoms with E-state index in [-0.39, 0.29) is 5.91 Å². The molecule has 0 aliphatic heterocycles. The van der Waals surface area contributed by atoms with E-state index < -0.39 is 11.5 Å². The van der Waals surface area contributed by atoms with Crippen LogP contribution in [0.3, 0.4) is 0 Å². The van der Waals surface area contributed by atoms with Crippen LogP contribution in [0.1, 0.15) is 77.7 Å². The lowest BCUT2D eigenvalue weighted by atomic mass is 9.98. The Balaban J connectivity index is 1.78. The van der Waals surface area contributed by atoms with Crippen LogP contribution in [0.2, 0.25) is 0 Å². The fourth-order valence-electron chi connectivity index (χ4n) is 3.62. The first kappa shape index (κ1) is 15.5. The molecule has 6 heteroatoms. The molecule has 1 aromatic heterocycles. The summed E-state index contributed by atoms with van der Waals surface area (Å²) in [4.78, 5) is 29.3. The van der Waals surface area contributed by atoms with E-state index in [9.17, 15) is 14.7 Å². The number of aryl methyl sites for hydroxylation is 1. The zero-order valence-electron chi connectivity index (χ0n) is 12.9. The number of aliphatic carboxylic acids is 1. The number of hydrogen-bond acceptors (Lipinski definition) is 4. The van der Waals surface area contributed by atoms with Gasteiger partial charge in [-0.1, -0.05) is 25.7 Å². The van der Waals surface area contributed by atoms with Crippen molar-refractivity contribution in [3.63, 3.8) is 0 Å². The van der Waals surface area contributed by atoms with Gasteiger partial charge in [0.05, 0.1) is 10.7 Å². The van der Waals surface area contributed by atoms with E-state index in [1.54, 1.807) is 0 Å². The quantitative estimate of drug-likeness (QED) is 0.892. The van der Waals surface area contributed by atoms with Crippen molar-refractivity contribution in [3.05, 3.63) is 15.6 Å². The predicted octanol–water partition coefficient (Wildman–Crippen LogP) is 3.24. The number of carbonyl (C=O) groups excluding carboxylic acids is 1. The first-order valence-corrected chi connectivity index (χ1v) is 8.87. The van der Waals surface area contributed by atoms with Gasteiger partial charge in [-0.25, -0.2) is 9.78 Å². The monoisotopic (exact) mass is 322 g/mol. The molecular formula is C16H22N2O3S. The Labute approximate surface area is 134 Å². The number of carbonyl (C=O) groups is 2. The van der Waals surface area contributed by atoms with E-state index in [1.807, 2.05) is 6.92 Å². The number of aromatic nitrogens is 1. The maximum absolute atomic E-state index is 12.6. The maximum atomic E-state index is 12.6. The highest BCUT2D eigenvalue weighted by Crippen LogP contribution is 2.37. The van der Waals surface area contributed by atoms with E-state index in [0.29, 0.717) is 23.6 Å². The minimum Gasteiger partial charge on any atom is -0.480 e. The fourth-order valence-corrected chi connectivity index (χ4v) is 4.75. The number of thiazole rings is 1. The number of nitrogens with one attached hydrogen (secondary N) is 1. The summed E-state index contributed by atoms with van der Waals surface area (Å²) in [5.74, 6) is -0.717. The zero-order valence-corrected chi connectivity index (χ0v) is 13.7. The van der Waals surface area contributed by atoms with Crippen LogP contribution in [0.15, 0.2) is 0 Å². The van der Waals surface area contributed by atoms with Gasteiger partial charge >= 0.3 is 5.97 Å². The van der Waals surface area contributed by atoms with Crippen molar-refractivity contribution in [2.24, 2.45) is 0 Å². The number of nitrogens with zero attached hydrogens (tertiary/aromatic N) is 1. The molecular weight excluding hydrogens is 300 g/mol. The SMILES string of the molecule is Cc1nc(C2CCCC2)sc1C(=O)NC1(C(=O)O)CCCC1. The number of hydrogen-bond donors (Lipinski definition) is 2. The van der Waals surface area contributed by atoms with Crippen LogP contribution in [0.4, 0.5) is 0 Å². The van der Waals surface area contributed by atoms with Gasteiger partial charge in [0.25, 0.3) is 5.91 Å². The predicted molar refractivity (Wildman–Crippen MR) is 84.4 cm³/mol. The van der Waals surface area contributed by atoms with Gasteiger partial charge in [-0.15, -0.1) is 11.3 Å². The third kappa shape index (κ3) is 2.76. The Kier molecular flexibility index (Phi) is 4.21. The van der Waals surface area contributed by atoms with E-state index in [4.69, 9.17) is 0 Å². The molecule has 0 unspecified atom stereocenters. The summed E-state index contributed by atoms with van der Waals surface area (Å²) < 4.78 is 0. The van der Waals surface area contributed by atoms with Crippen molar-refractivity contribution >= 4 is 23.2 Å². The van der Waals surface area contributed by atoms with Crippen molar-refractivity contribution in [1.29, 1.82) is 0 Å². The van der Waals surface area contributed by atoms with Crippen molar-refractivity contribution in [2.75, 3.05) is 0 Å². The summed E-state index contributed by atoms with van der Waals surface area (Å²) >= 11 is 1.44. The first-order chi connectivity index (χ1) is 10.5. The average molecular weight is 322 g/mol. The van der Waals surface area contributed by atoms with Gasteiger partial charge in [-0.2, -0.15) is 0 Å². The van der Waals surface area contributed by atoms with E-state index >= 15 is 0 Å². The summed E-state index contributed by atoms with van der Waals surface area (Å²) in [6.45, 7) is 1.84. The topological polar surface area (TPSA) is 79.3 Å². The Morgan fingerprint density at radius 1 is 1.23 bits per heavy atom. The van der Waals surface area contributed by atoms with Crippen LogP contribution in [0.25, 0.3) is 0 Å². The van der Waals surface area contributed by atoms with Gasteiger partial charge in [0.15, 0.2) is 0 Å². The third-order valence-electron chi connectivity index (χ3n) is 4.94. The van der Waals surface area contributed by atoms with Crippen LogP contribution in [-0.2, 0) is 4.79 Å². The second kappa shape index (κ2) is 5.99. The summed E-state index contributed by atoms with van der Waals surface area (Å²) in [5, 5.41) is 13.3. The molecule has 1 amide bonds. The van der Waals surface area contributed by atoms with Crippen molar-refractivity contribution in [2.45, 2.75) is 69.7 Å². The minimum absolute atomic E-state index is 0.274. The fraction of sp³-hybridized carbons (Fsp3) is 0.688. The van der Waals surface area contributed by atoms with Crippen molar-refractivity contribution in [1.82, 2.24) is 10.3 Å². The molecule has 0 spiro atoms. The normalized spacial score (nSPS) is 21.1. The lowest BCUT2D eigenvalue weighted by molar-refractivity contribution is -0.144. The Bertz CT molecular complexity index is 584. The van der Waals surface area contributed by atoms with Gasteiger partial charge in [0.1, 0.15) is 10.4 Å². The highest BCUT2D eigenvalue weighted by atomic mass is 32.1. The lowest BCUT2D eigenvalue weighted by Crippen LogP contribution is -2.52. The zero-order chi connectivity index (χ0) is 15.7. The van der Waals surface area contributed by atoms with Crippen LogP contribution in [0.5, 0.6) is 0 Å². The van der Waals surface area contributed by atoms with Crippen LogP contribution in [0, 0.1) is 6.92 Å². The highest BCUT2D eigenvalue weighted by molar-refractivity contribution is 7.13. The molecule has 22 heavy (non-hydrogen) atoms. The van der Waals surface area contributed by atoms with E-state index in [1.165, 1.54) is 24.2 Å². The Hall–Kier alpha value is -1.43.